The van der Waals surface area contributed by atoms with Gasteiger partial charge >= 0.3 is 5.97 Å². The van der Waals surface area contributed by atoms with E-state index in [-0.39, 0.29) is 5.97 Å². The Morgan fingerprint density at radius 1 is 1.05 bits per heavy atom. The lowest BCUT2D eigenvalue weighted by Crippen LogP contribution is -2.31. The Morgan fingerprint density at radius 2 is 1.86 bits per heavy atom. The first-order chi connectivity index (χ1) is 18.2. The lowest BCUT2D eigenvalue weighted by atomic mass is 9.96. The lowest BCUT2D eigenvalue weighted by molar-refractivity contribution is -0.140. The van der Waals surface area contributed by atoms with Crippen LogP contribution in [0.5, 0.6) is 5.75 Å². The molecule has 0 spiro atoms. The fourth-order valence-electron chi connectivity index (χ4n) is 5.36. The maximum absolute atomic E-state index is 11.5. The minimum absolute atomic E-state index is 0.139. The molecule has 2 aromatic carbocycles. The van der Waals surface area contributed by atoms with Crippen molar-refractivity contribution in [1.29, 1.82) is 0 Å². The predicted molar refractivity (Wildman–Crippen MR) is 143 cm³/mol. The SMILES string of the molecule is COC(=O)CCCN1CCC[C@@H]1CCc1ncnc2oc(-c3ccccc3)c(-c3ccc(OC)cc3)c12. The third kappa shape index (κ3) is 5.52. The van der Waals surface area contributed by atoms with Gasteiger partial charge in [0.2, 0.25) is 5.71 Å². The number of esters is 1. The Labute approximate surface area is 217 Å². The van der Waals surface area contributed by atoms with Gasteiger partial charge in [-0.1, -0.05) is 42.5 Å². The highest BCUT2D eigenvalue weighted by Crippen LogP contribution is 2.42. The molecule has 1 fully saturated rings. The van der Waals surface area contributed by atoms with E-state index in [0.29, 0.717) is 18.2 Å². The predicted octanol–water partition coefficient (Wildman–Crippen LogP) is 5.92. The number of nitrogens with zero attached hydrogens (tertiary/aromatic N) is 3. The van der Waals surface area contributed by atoms with Gasteiger partial charge in [-0.15, -0.1) is 0 Å². The number of likely N-dealkylation sites (tertiary alicyclic amines) is 1. The molecular formula is C30H33N3O4. The second kappa shape index (κ2) is 11.6. The molecule has 7 heteroatoms. The highest BCUT2D eigenvalue weighted by atomic mass is 16.5. The van der Waals surface area contributed by atoms with Gasteiger partial charge in [0.25, 0.3) is 0 Å². The molecule has 0 unspecified atom stereocenters. The molecule has 1 aliphatic rings. The van der Waals surface area contributed by atoms with Crippen molar-refractivity contribution in [2.45, 2.75) is 44.6 Å². The lowest BCUT2D eigenvalue weighted by Gasteiger charge is -2.24. The number of carbonyl (C=O) groups is 1. The number of methoxy groups -OCH3 is 2. The van der Waals surface area contributed by atoms with Crippen molar-refractivity contribution in [2.75, 3.05) is 27.3 Å². The van der Waals surface area contributed by atoms with Crippen LogP contribution in [0.2, 0.25) is 0 Å². The van der Waals surface area contributed by atoms with Gasteiger partial charge in [-0.2, -0.15) is 0 Å². The molecule has 1 atom stereocenters. The first-order valence-electron chi connectivity index (χ1n) is 12.9. The van der Waals surface area contributed by atoms with Gasteiger partial charge in [0, 0.05) is 23.6 Å². The summed E-state index contributed by atoms with van der Waals surface area (Å²) >= 11 is 0. The minimum atomic E-state index is -0.139. The summed E-state index contributed by atoms with van der Waals surface area (Å²) in [5, 5.41) is 0.974. The Hall–Kier alpha value is -3.71. The summed E-state index contributed by atoms with van der Waals surface area (Å²) in [7, 11) is 3.12. The van der Waals surface area contributed by atoms with Crippen molar-refractivity contribution in [3.05, 3.63) is 66.6 Å². The number of furan rings is 1. The van der Waals surface area contributed by atoms with Crippen LogP contribution in [-0.2, 0) is 16.0 Å². The summed E-state index contributed by atoms with van der Waals surface area (Å²) in [6, 6.07) is 18.7. The minimum Gasteiger partial charge on any atom is -0.497 e. The van der Waals surface area contributed by atoms with Crippen LogP contribution in [0, 0.1) is 0 Å². The van der Waals surface area contributed by atoms with Crippen molar-refractivity contribution in [1.82, 2.24) is 14.9 Å². The summed E-state index contributed by atoms with van der Waals surface area (Å²) < 4.78 is 16.6. The Kier molecular flexibility index (Phi) is 7.80. The van der Waals surface area contributed by atoms with Gasteiger partial charge in [-0.05, 0) is 62.9 Å². The third-order valence-electron chi connectivity index (χ3n) is 7.25. The van der Waals surface area contributed by atoms with Crippen molar-refractivity contribution >= 4 is 17.1 Å². The Morgan fingerprint density at radius 3 is 2.62 bits per heavy atom. The molecule has 1 aliphatic heterocycles. The van der Waals surface area contributed by atoms with E-state index in [9.17, 15) is 4.79 Å². The van der Waals surface area contributed by atoms with E-state index < -0.39 is 0 Å². The fraction of sp³-hybridized carbons (Fsp3) is 0.367. The first kappa shape index (κ1) is 25.0. The molecule has 0 bridgehead atoms. The number of hydrogen-bond acceptors (Lipinski definition) is 7. The summed E-state index contributed by atoms with van der Waals surface area (Å²) in [4.78, 5) is 23.3. The topological polar surface area (TPSA) is 77.7 Å². The zero-order valence-electron chi connectivity index (χ0n) is 21.5. The quantitative estimate of drug-likeness (QED) is 0.251. The second-order valence-electron chi connectivity index (χ2n) is 9.45. The van der Waals surface area contributed by atoms with Crippen molar-refractivity contribution in [3.63, 3.8) is 0 Å². The average Bonchev–Trinajstić information content (AvgIpc) is 3.57. The van der Waals surface area contributed by atoms with Crippen LogP contribution in [0.3, 0.4) is 0 Å². The van der Waals surface area contributed by atoms with Crippen LogP contribution in [-0.4, -0.2) is 54.2 Å². The molecule has 0 amide bonds. The molecule has 1 saturated heterocycles. The van der Waals surface area contributed by atoms with Crippen LogP contribution >= 0.6 is 0 Å². The Bertz CT molecular complexity index is 1330. The number of hydrogen-bond donors (Lipinski definition) is 0. The number of ether oxygens (including phenoxy) is 2. The number of benzene rings is 2. The molecule has 0 saturated carbocycles. The highest BCUT2D eigenvalue weighted by Gasteiger charge is 2.26. The zero-order valence-corrected chi connectivity index (χ0v) is 21.5. The molecule has 0 radical (unpaired) electrons. The van der Waals surface area contributed by atoms with Gasteiger partial charge in [0.15, 0.2) is 0 Å². The normalized spacial score (nSPS) is 15.8. The third-order valence-corrected chi connectivity index (χ3v) is 7.25. The highest BCUT2D eigenvalue weighted by molar-refractivity contribution is 6.01. The second-order valence-corrected chi connectivity index (χ2v) is 9.45. The van der Waals surface area contributed by atoms with Crippen molar-refractivity contribution < 1.29 is 18.7 Å². The van der Waals surface area contributed by atoms with Crippen LogP contribution in [0.15, 0.2) is 65.3 Å². The van der Waals surface area contributed by atoms with E-state index in [2.05, 4.69) is 34.1 Å². The van der Waals surface area contributed by atoms with E-state index in [4.69, 9.17) is 18.9 Å². The summed E-state index contributed by atoms with van der Waals surface area (Å²) in [5.74, 6) is 1.47. The van der Waals surface area contributed by atoms with Crippen LogP contribution in [0.4, 0.5) is 0 Å². The number of fused-ring (bicyclic) bond motifs is 1. The fourth-order valence-corrected chi connectivity index (χ4v) is 5.36. The maximum Gasteiger partial charge on any atom is 0.305 e. The molecule has 5 rings (SSSR count). The van der Waals surface area contributed by atoms with Crippen molar-refractivity contribution in [3.8, 4) is 28.2 Å². The first-order valence-corrected chi connectivity index (χ1v) is 12.9. The van der Waals surface area contributed by atoms with E-state index in [1.807, 2.05) is 30.3 Å². The number of aryl methyl sites for hydroxylation is 1. The smallest absolute Gasteiger partial charge is 0.305 e. The summed E-state index contributed by atoms with van der Waals surface area (Å²) in [5.41, 5.74) is 4.67. The largest absolute Gasteiger partial charge is 0.497 e. The average molecular weight is 500 g/mol. The molecule has 192 valence electrons. The number of aromatic nitrogens is 2. The standard InChI is InChI=1S/C30H33N3O4/c1-35-24-15-12-21(13-16-24)27-28-25(17-14-23-10-6-18-33(23)19-7-11-26(34)36-2)31-20-32-30(28)37-29(27)22-8-4-3-5-9-22/h3-5,8-9,12-13,15-16,20,23H,6-7,10-11,14,17-19H2,1-2H3/t23-/m1/s1. The molecule has 7 nitrogen and oxygen atoms in total. The molecular weight excluding hydrogens is 466 g/mol. The van der Waals surface area contributed by atoms with Gasteiger partial charge in [0.05, 0.1) is 25.3 Å². The molecule has 0 aliphatic carbocycles. The molecule has 0 N–H and O–H groups in total. The molecule has 2 aromatic heterocycles. The van der Waals surface area contributed by atoms with Gasteiger partial charge in [-0.25, -0.2) is 9.97 Å². The summed E-state index contributed by atoms with van der Waals surface area (Å²) in [6.07, 6.45) is 7.07. The van der Waals surface area contributed by atoms with E-state index in [1.165, 1.54) is 20.0 Å². The number of rotatable bonds is 10. The van der Waals surface area contributed by atoms with E-state index in [0.717, 1.165) is 71.6 Å². The zero-order chi connectivity index (χ0) is 25.6. The van der Waals surface area contributed by atoms with Crippen LogP contribution in [0.25, 0.3) is 33.6 Å². The molecule has 4 aromatic rings. The number of carbonyl (C=O) groups excluding carboxylic acids is 1. The van der Waals surface area contributed by atoms with Crippen LogP contribution < -0.4 is 4.74 Å². The monoisotopic (exact) mass is 499 g/mol. The van der Waals surface area contributed by atoms with Gasteiger partial charge in [0.1, 0.15) is 17.8 Å². The molecule has 37 heavy (non-hydrogen) atoms. The molecule has 3 heterocycles. The summed E-state index contributed by atoms with van der Waals surface area (Å²) in [6.45, 7) is 1.99. The van der Waals surface area contributed by atoms with Gasteiger partial charge in [-0.3, -0.25) is 4.79 Å². The van der Waals surface area contributed by atoms with Gasteiger partial charge < -0.3 is 18.8 Å². The maximum atomic E-state index is 11.5. The van der Waals surface area contributed by atoms with Crippen LogP contribution in [0.1, 0.15) is 37.8 Å². The Balaban J connectivity index is 1.45. The van der Waals surface area contributed by atoms with E-state index in [1.54, 1.807) is 13.4 Å². The van der Waals surface area contributed by atoms with E-state index >= 15 is 0 Å². The van der Waals surface area contributed by atoms with Crippen molar-refractivity contribution in [2.24, 2.45) is 0 Å².